The Kier molecular flexibility index (Phi) is 2.83. The molecule has 0 fully saturated rings. The third kappa shape index (κ3) is 6.43. The van der Waals surface area contributed by atoms with Gasteiger partial charge in [0.05, 0.1) is 0 Å². The molecule has 44 valence electrons. The van der Waals surface area contributed by atoms with E-state index in [1.807, 2.05) is 0 Å². The zero-order valence-electron chi connectivity index (χ0n) is 4.19. The van der Waals surface area contributed by atoms with Crippen LogP contribution in [0.15, 0.2) is 0 Å². The molecule has 0 aliphatic heterocycles. The highest BCUT2D eigenvalue weighted by Crippen LogP contribution is 1.99. The first-order chi connectivity index (χ1) is 3.06. The van der Waals surface area contributed by atoms with Crippen molar-refractivity contribution in [1.29, 1.82) is 0 Å². The van der Waals surface area contributed by atoms with Crippen LogP contribution in [0, 0.1) is 0 Å². The molecule has 7 heavy (non-hydrogen) atoms. The van der Waals surface area contributed by atoms with E-state index in [4.69, 9.17) is 21.2 Å². The van der Waals surface area contributed by atoms with E-state index < -0.39 is 8.56 Å². The molecule has 4 heteroatoms. The molecule has 0 bridgehead atoms. The van der Waals surface area contributed by atoms with Gasteiger partial charge >= 0.3 is 8.56 Å². The standard InChI is InChI=1S/C3H9ClO2Si/c1-7(5,6)3-2-4/h5-6H,2-3H2,1H3. The van der Waals surface area contributed by atoms with Crippen molar-refractivity contribution in [3.05, 3.63) is 0 Å². The summed E-state index contributed by atoms with van der Waals surface area (Å²) >= 11 is 5.20. The van der Waals surface area contributed by atoms with Crippen LogP contribution in [-0.4, -0.2) is 24.0 Å². The second-order valence-corrected chi connectivity index (χ2v) is 4.97. The molecule has 0 saturated heterocycles. The van der Waals surface area contributed by atoms with Crippen molar-refractivity contribution < 1.29 is 9.59 Å². The SMILES string of the molecule is C[Si](O)(O)CCCl. The Morgan fingerprint density at radius 1 is 1.57 bits per heavy atom. The van der Waals surface area contributed by atoms with E-state index in [0.29, 0.717) is 11.9 Å². The normalized spacial score (nSPS) is 12.0. The van der Waals surface area contributed by atoms with Crippen LogP contribution in [0.2, 0.25) is 12.6 Å². The second-order valence-electron chi connectivity index (χ2n) is 1.66. The Bertz CT molecular complexity index is 51.4. The minimum absolute atomic E-state index is 0.343. The summed E-state index contributed by atoms with van der Waals surface area (Å²) in [6.07, 6.45) is 0. The van der Waals surface area contributed by atoms with Crippen molar-refractivity contribution in [2.45, 2.75) is 12.6 Å². The Morgan fingerprint density at radius 3 is 2.00 bits per heavy atom. The van der Waals surface area contributed by atoms with Gasteiger partial charge in [0.2, 0.25) is 0 Å². The van der Waals surface area contributed by atoms with Crippen LogP contribution < -0.4 is 0 Å². The van der Waals surface area contributed by atoms with Gasteiger partial charge in [-0.25, -0.2) is 0 Å². The molecule has 0 saturated carbocycles. The van der Waals surface area contributed by atoms with E-state index in [-0.39, 0.29) is 0 Å². The maximum Gasteiger partial charge on any atom is 0.330 e. The van der Waals surface area contributed by atoms with Crippen molar-refractivity contribution in [2.24, 2.45) is 0 Å². The van der Waals surface area contributed by atoms with Crippen molar-refractivity contribution in [2.75, 3.05) is 5.88 Å². The molecule has 0 heterocycles. The molecule has 2 nitrogen and oxygen atoms in total. The predicted octanol–water partition coefficient (Wildman–Crippen LogP) is 0.282. The summed E-state index contributed by atoms with van der Waals surface area (Å²) in [5.74, 6) is 0.343. The monoisotopic (exact) mass is 140 g/mol. The molecule has 0 aromatic rings. The summed E-state index contributed by atoms with van der Waals surface area (Å²) in [5, 5.41) is 0. The molecular formula is C3H9ClO2Si. The summed E-state index contributed by atoms with van der Waals surface area (Å²) in [6, 6.07) is 0.356. The molecule has 0 aliphatic rings. The van der Waals surface area contributed by atoms with Crippen molar-refractivity contribution in [3.8, 4) is 0 Å². The first-order valence-electron chi connectivity index (χ1n) is 2.07. The first-order valence-corrected chi connectivity index (χ1v) is 5.20. The van der Waals surface area contributed by atoms with Gasteiger partial charge < -0.3 is 9.59 Å². The molecule has 0 unspecified atom stereocenters. The maximum absolute atomic E-state index is 8.63. The summed E-state index contributed by atoms with van der Waals surface area (Å²) in [7, 11) is -2.79. The molecule has 0 amide bonds. The second kappa shape index (κ2) is 2.67. The average Bonchev–Trinajstić information content (AvgIpc) is 1.30. The summed E-state index contributed by atoms with van der Waals surface area (Å²) in [4.78, 5) is 17.3. The zero-order valence-corrected chi connectivity index (χ0v) is 5.94. The number of hydrogen-bond donors (Lipinski definition) is 2. The van der Waals surface area contributed by atoms with Crippen LogP contribution in [0.25, 0.3) is 0 Å². The molecule has 0 atom stereocenters. The van der Waals surface area contributed by atoms with Gasteiger partial charge in [-0.2, -0.15) is 0 Å². The van der Waals surface area contributed by atoms with E-state index in [9.17, 15) is 0 Å². The lowest BCUT2D eigenvalue weighted by Gasteiger charge is -2.06. The number of halogens is 1. The molecule has 0 aromatic carbocycles. The highest BCUT2D eigenvalue weighted by atomic mass is 35.5. The number of rotatable bonds is 2. The number of hydrogen-bond acceptors (Lipinski definition) is 2. The van der Waals surface area contributed by atoms with Crippen molar-refractivity contribution in [1.82, 2.24) is 0 Å². The Morgan fingerprint density at radius 2 is 2.00 bits per heavy atom. The van der Waals surface area contributed by atoms with Gasteiger partial charge in [0.1, 0.15) is 0 Å². The largest absolute Gasteiger partial charge is 0.411 e. The quantitative estimate of drug-likeness (QED) is 0.428. The molecule has 0 radical (unpaired) electrons. The lowest BCUT2D eigenvalue weighted by Crippen LogP contribution is -2.29. The van der Waals surface area contributed by atoms with E-state index in [0.717, 1.165) is 0 Å². The van der Waals surface area contributed by atoms with Crippen molar-refractivity contribution in [3.63, 3.8) is 0 Å². The minimum Gasteiger partial charge on any atom is -0.411 e. The highest BCUT2D eigenvalue weighted by molar-refractivity contribution is 6.63. The summed E-state index contributed by atoms with van der Waals surface area (Å²) < 4.78 is 0. The van der Waals surface area contributed by atoms with E-state index in [2.05, 4.69) is 0 Å². The van der Waals surface area contributed by atoms with Gasteiger partial charge in [-0.05, 0) is 6.55 Å². The maximum atomic E-state index is 8.63. The van der Waals surface area contributed by atoms with Gasteiger partial charge in [0.15, 0.2) is 0 Å². The molecule has 0 aliphatic carbocycles. The van der Waals surface area contributed by atoms with Crippen LogP contribution in [0.3, 0.4) is 0 Å². The summed E-state index contributed by atoms with van der Waals surface area (Å²) in [6.45, 7) is 1.44. The van der Waals surface area contributed by atoms with E-state index in [1.165, 1.54) is 6.55 Å². The molecule has 0 rings (SSSR count). The zero-order chi connectivity index (χ0) is 5.91. The van der Waals surface area contributed by atoms with Gasteiger partial charge in [-0.15, -0.1) is 11.6 Å². The highest BCUT2D eigenvalue weighted by Gasteiger charge is 2.18. The predicted molar refractivity (Wildman–Crippen MR) is 31.6 cm³/mol. The Hall–Kier alpha value is 0.427. The van der Waals surface area contributed by atoms with Gasteiger partial charge in [0, 0.05) is 11.9 Å². The van der Waals surface area contributed by atoms with Crippen LogP contribution >= 0.6 is 11.6 Å². The lowest BCUT2D eigenvalue weighted by molar-refractivity contribution is 0.373. The van der Waals surface area contributed by atoms with Crippen molar-refractivity contribution >= 4 is 20.2 Å². The minimum atomic E-state index is -2.79. The smallest absolute Gasteiger partial charge is 0.330 e. The van der Waals surface area contributed by atoms with Crippen LogP contribution in [0.4, 0.5) is 0 Å². The summed E-state index contributed by atoms with van der Waals surface area (Å²) in [5.41, 5.74) is 0. The molecule has 0 spiro atoms. The third-order valence-electron chi connectivity index (χ3n) is 0.568. The Labute approximate surface area is 49.0 Å². The first kappa shape index (κ1) is 7.43. The Balaban J connectivity index is 3.15. The van der Waals surface area contributed by atoms with Crippen LogP contribution in [0.5, 0.6) is 0 Å². The molecule has 2 N–H and O–H groups in total. The number of alkyl halides is 1. The fourth-order valence-electron chi connectivity index (χ4n) is 0.179. The molecular weight excluding hydrogens is 132 g/mol. The molecule has 0 aromatic heterocycles. The third-order valence-corrected chi connectivity index (χ3v) is 2.27. The van der Waals surface area contributed by atoms with Gasteiger partial charge in [0.25, 0.3) is 0 Å². The fourth-order valence-corrected chi connectivity index (χ4v) is 1.61. The van der Waals surface area contributed by atoms with Gasteiger partial charge in [-0.3, -0.25) is 0 Å². The topological polar surface area (TPSA) is 40.5 Å². The van der Waals surface area contributed by atoms with E-state index in [1.54, 1.807) is 0 Å². The van der Waals surface area contributed by atoms with E-state index >= 15 is 0 Å². The van der Waals surface area contributed by atoms with Crippen LogP contribution in [0.1, 0.15) is 0 Å². The average molecular weight is 141 g/mol. The lowest BCUT2D eigenvalue weighted by atomic mass is 11.0. The van der Waals surface area contributed by atoms with Crippen LogP contribution in [-0.2, 0) is 0 Å². The fraction of sp³-hybridized carbons (Fsp3) is 1.00. The van der Waals surface area contributed by atoms with Gasteiger partial charge in [-0.1, -0.05) is 0 Å².